The van der Waals surface area contributed by atoms with Gasteiger partial charge >= 0.3 is 12.1 Å². The van der Waals surface area contributed by atoms with E-state index in [4.69, 9.17) is 9.47 Å². The number of hydrogen-bond donors (Lipinski definition) is 1. The van der Waals surface area contributed by atoms with Gasteiger partial charge in [-0.25, -0.2) is 9.59 Å². The Morgan fingerprint density at radius 1 is 0.950 bits per heavy atom. The highest BCUT2D eigenvalue weighted by Gasteiger charge is 2.39. The van der Waals surface area contributed by atoms with E-state index in [0.29, 0.717) is 24.6 Å². The van der Waals surface area contributed by atoms with Crippen LogP contribution in [0.15, 0.2) is 78.9 Å². The fourth-order valence-electron chi connectivity index (χ4n) is 5.93. The molecule has 3 aromatic rings. The van der Waals surface area contributed by atoms with Gasteiger partial charge in [0.2, 0.25) is 5.91 Å². The number of amides is 2. The van der Waals surface area contributed by atoms with Gasteiger partial charge < -0.3 is 14.8 Å². The van der Waals surface area contributed by atoms with Crippen molar-refractivity contribution in [3.8, 4) is 0 Å². The molecule has 1 unspecified atom stereocenters. The average molecular weight is 541 g/mol. The summed E-state index contributed by atoms with van der Waals surface area (Å²) in [6.45, 7) is 2.85. The van der Waals surface area contributed by atoms with Crippen LogP contribution < -0.4 is 5.32 Å². The summed E-state index contributed by atoms with van der Waals surface area (Å²) in [6, 6.07) is 24.9. The van der Waals surface area contributed by atoms with Gasteiger partial charge in [-0.2, -0.15) is 0 Å². The summed E-state index contributed by atoms with van der Waals surface area (Å²) in [5, 5.41) is 3.12. The molecule has 7 heteroatoms. The van der Waals surface area contributed by atoms with Crippen molar-refractivity contribution in [3.05, 3.63) is 107 Å². The van der Waals surface area contributed by atoms with Crippen LogP contribution in [0.25, 0.3) is 0 Å². The van der Waals surface area contributed by atoms with Crippen molar-refractivity contribution in [2.75, 3.05) is 7.11 Å². The van der Waals surface area contributed by atoms with E-state index in [2.05, 4.69) is 5.32 Å². The van der Waals surface area contributed by atoms with Crippen LogP contribution in [0.2, 0.25) is 0 Å². The lowest BCUT2D eigenvalue weighted by atomic mass is 9.83. The Balaban J connectivity index is 1.25. The quantitative estimate of drug-likeness (QED) is 0.329. The maximum atomic E-state index is 13.5. The number of esters is 1. The van der Waals surface area contributed by atoms with Crippen LogP contribution in [0, 0.1) is 5.92 Å². The van der Waals surface area contributed by atoms with Crippen LogP contribution in [0.1, 0.15) is 77.2 Å². The number of carbonyl (C=O) groups is 3. The summed E-state index contributed by atoms with van der Waals surface area (Å²) < 4.78 is 10.5. The molecule has 1 saturated carbocycles. The van der Waals surface area contributed by atoms with Gasteiger partial charge in [0.25, 0.3) is 0 Å². The van der Waals surface area contributed by atoms with Gasteiger partial charge in [-0.1, -0.05) is 79.6 Å². The molecule has 5 rings (SSSR count). The Kier molecular flexibility index (Phi) is 8.48. The van der Waals surface area contributed by atoms with E-state index in [1.807, 2.05) is 73.7 Å². The van der Waals surface area contributed by atoms with Crippen molar-refractivity contribution in [1.29, 1.82) is 0 Å². The number of nitrogens with one attached hydrogen (secondary N) is 1. The van der Waals surface area contributed by atoms with Gasteiger partial charge in [-0.15, -0.1) is 0 Å². The Morgan fingerprint density at radius 3 is 2.25 bits per heavy atom. The van der Waals surface area contributed by atoms with E-state index in [0.717, 1.165) is 47.9 Å². The predicted octanol–water partition coefficient (Wildman–Crippen LogP) is 6.15. The molecule has 40 heavy (non-hydrogen) atoms. The van der Waals surface area contributed by atoms with Crippen molar-refractivity contribution < 1.29 is 23.9 Å². The molecule has 2 amide bonds. The van der Waals surface area contributed by atoms with E-state index >= 15 is 0 Å². The second-order valence-electron chi connectivity index (χ2n) is 10.8. The van der Waals surface area contributed by atoms with Crippen molar-refractivity contribution in [2.45, 2.75) is 63.8 Å². The Hall–Kier alpha value is -4.13. The molecule has 1 saturated heterocycles. The first-order valence-corrected chi connectivity index (χ1v) is 14.0. The third kappa shape index (κ3) is 6.03. The number of ether oxygens (including phenoxy) is 2. The minimum Gasteiger partial charge on any atom is -0.465 e. The maximum Gasteiger partial charge on any atom is 0.411 e. The first kappa shape index (κ1) is 27.4. The van der Waals surface area contributed by atoms with Gasteiger partial charge in [0, 0.05) is 13.1 Å². The van der Waals surface area contributed by atoms with E-state index in [9.17, 15) is 14.4 Å². The minimum atomic E-state index is -0.382. The van der Waals surface area contributed by atoms with Crippen molar-refractivity contribution in [1.82, 2.24) is 10.2 Å². The molecular weight excluding hydrogens is 504 g/mol. The van der Waals surface area contributed by atoms with Gasteiger partial charge in [-0.3, -0.25) is 9.69 Å². The minimum absolute atomic E-state index is 0.0131. The van der Waals surface area contributed by atoms with Crippen molar-refractivity contribution in [2.24, 2.45) is 5.92 Å². The van der Waals surface area contributed by atoms with Gasteiger partial charge in [0.15, 0.2) is 0 Å². The van der Waals surface area contributed by atoms with Crippen LogP contribution in [0.5, 0.6) is 0 Å². The largest absolute Gasteiger partial charge is 0.465 e. The Labute approximate surface area is 235 Å². The molecule has 0 spiro atoms. The number of methoxy groups -OCH3 is 1. The third-order valence-electron chi connectivity index (χ3n) is 8.21. The molecule has 1 heterocycles. The molecule has 1 aliphatic carbocycles. The van der Waals surface area contributed by atoms with Crippen LogP contribution in [0.3, 0.4) is 0 Å². The first-order valence-electron chi connectivity index (χ1n) is 14.0. The fourth-order valence-corrected chi connectivity index (χ4v) is 5.93. The van der Waals surface area contributed by atoms with Crippen LogP contribution in [-0.2, 0) is 27.4 Å². The molecule has 2 aliphatic rings. The summed E-state index contributed by atoms with van der Waals surface area (Å²) in [7, 11) is 1.36. The van der Waals surface area contributed by atoms with E-state index < -0.39 is 0 Å². The summed E-state index contributed by atoms with van der Waals surface area (Å²) in [5.74, 6) is -0.302. The van der Waals surface area contributed by atoms with Gasteiger partial charge in [0.1, 0.15) is 6.10 Å². The standard InChI is InChI=1S/C33H36N2O5/c1-22-30(27-10-4-3-5-11-27)40-33(38)35(22)21-24-14-16-26(17-15-24)29(25-8-6-7-9-25)31(36)34-20-23-12-18-28(19-13-23)32(37)39-2/h3-5,10-19,22,25,29-30H,6-9,20-21H2,1-2H3,(H,34,36)/t22-,29?,30-/m1/s1. The number of benzene rings is 3. The lowest BCUT2D eigenvalue weighted by Crippen LogP contribution is -2.33. The molecule has 1 N–H and O–H groups in total. The summed E-state index contributed by atoms with van der Waals surface area (Å²) >= 11 is 0. The molecule has 2 fully saturated rings. The normalized spacial score (nSPS) is 19.8. The number of hydrogen-bond acceptors (Lipinski definition) is 5. The summed E-state index contributed by atoms with van der Waals surface area (Å²) in [5.41, 5.74) is 4.38. The van der Waals surface area contributed by atoms with Crippen LogP contribution in [-0.4, -0.2) is 36.0 Å². The summed E-state index contributed by atoms with van der Waals surface area (Å²) in [6.07, 6.45) is 3.74. The van der Waals surface area contributed by atoms with Crippen molar-refractivity contribution in [3.63, 3.8) is 0 Å². The highest BCUT2D eigenvalue weighted by molar-refractivity contribution is 5.89. The SMILES string of the molecule is COC(=O)c1ccc(CNC(=O)C(c2ccc(CN3C(=O)O[C@@H](c4ccccc4)[C@H]3C)cc2)C2CCCC2)cc1. The molecule has 7 nitrogen and oxygen atoms in total. The van der Waals surface area contributed by atoms with E-state index in [1.165, 1.54) is 7.11 Å². The number of nitrogens with zero attached hydrogens (tertiary/aromatic N) is 1. The average Bonchev–Trinajstić information content (AvgIpc) is 3.62. The lowest BCUT2D eigenvalue weighted by Gasteiger charge is -2.24. The first-order chi connectivity index (χ1) is 19.4. The van der Waals surface area contributed by atoms with Crippen LogP contribution in [0.4, 0.5) is 4.79 Å². The van der Waals surface area contributed by atoms with Gasteiger partial charge in [0.05, 0.1) is 24.6 Å². The van der Waals surface area contributed by atoms with Gasteiger partial charge in [-0.05, 0) is 60.1 Å². The van der Waals surface area contributed by atoms with Crippen molar-refractivity contribution >= 4 is 18.0 Å². The second-order valence-corrected chi connectivity index (χ2v) is 10.8. The molecule has 0 aromatic heterocycles. The second kappa shape index (κ2) is 12.4. The zero-order valence-electron chi connectivity index (χ0n) is 23.0. The molecule has 1 aliphatic heterocycles. The summed E-state index contributed by atoms with van der Waals surface area (Å²) in [4.78, 5) is 39.6. The van der Waals surface area contributed by atoms with E-state index in [-0.39, 0.29) is 36.0 Å². The predicted molar refractivity (Wildman–Crippen MR) is 151 cm³/mol. The smallest absolute Gasteiger partial charge is 0.411 e. The monoisotopic (exact) mass is 540 g/mol. The Bertz CT molecular complexity index is 1320. The number of carbonyl (C=O) groups excluding carboxylic acids is 3. The maximum absolute atomic E-state index is 13.5. The molecule has 3 atom stereocenters. The molecule has 208 valence electrons. The zero-order chi connectivity index (χ0) is 28.1. The highest BCUT2D eigenvalue weighted by Crippen LogP contribution is 2.38. The van der Waals surface area contributed by atoms with E-state index in [1.54, 1.807) is 17.0 Å². The Morgan fingerprint density at radius 2 is 1.60 bits per heavy atom. The number of cyclic esters (lactones) is 1. The molecule has 0 radical (unpaired) electrons. The molecular formula is C33H36N2O5. The topological polar surface area (TPSA) is 84.9 Å². The van der Waals surface area contributed by atoms with Crippen LogP contribution >= 0.6 is 0 Å². The lowest BCUT2D eigenvalue weighted by molar-refractivity contribution is -0.123. The fraction of sp³-hybridized carbons (Fsp3) is 0.364. The zero-order valence-corrected chi connectivity index (χ0v) is 23.0. The third-order valence-corrected chi connectivity index (χ3v) is 8.21. The number of rotatable bonds is 9. The highest BCUT2D eigenvalue weighted by atomic mass is 16.6. The molecule has 0 bridgehead atoms. The molecule has 3 aromatic carbocycles.